The highest BCUT2D eigenvalue weighted by Crippen LogP contribution is 2.35. The molecule has 3 aliphatic rings. The molecule has 1 fully saturated rings. The second kappa shape index (κ2) is 8.31. The van der Waals surface area contributed by atoms with Gasteiger partial charge in [-0.1, -0.05) is 54.1 Å². The van der Waals surface area contributed by atoms with Crippen LogP contribution in [0.4, 0.5) is 0 Å². The van der Waals surface area contributed by atoms with Gasteiger partial charge in [-0.2, -0.15) is 0 Å². The van der Waals surface area contributed by atoms with E-state index in [0.717, 1.165) is 43.4 Å². The summed E-state index contributed by atoms with van der Waals surface area (Å²) in [6.45, 7) is 6.56. The van der Waals surface area contributed by atoms with Gasteiger partial charge in [0.15, 0.2) is 0 Å². The fourth-order valence-corrected chi connectivity index (χ4v) is 4.46. The number of fused-ring (bicyclic) bond motifs is 1. The third-order valence-electron chi connectivity index (χ3n) is 5.99. The van der Waals surface area contributed by atoms with Crippen LogP contribution in [0.1, 0.15) is 16.7 Å². The standard InChI is InChI=1S/C25H26ClN3O/c1-18-4-2-3-5-22(18)20-8-11-24-27-25(19-6-9-21(26)10-7-19)23(29(24)16-20)17-28-12-14-30-15-13-28/h2-11,16,24,27H,12-15,17H2,1H3. The van der Waals surface area contributed by atoms with Gasteiger partial charge in [0.2, 0.25) is 0 Å². The Labute approximate surface area is 183 Å². The molecular formula is C25H26ClN3O. The molecule has 0 bridgehead atoms. The summed E-state index contributed by atoms with van der Waals surface area (Å²) in [7, 11) is 0. The number of nitrogens with zero attached hydrogens (tertiary/aromatic N) is 2. The molecule has 4 nitrogen and oxygen atoms in total. The van der Waals surface area contributed by atoms with Crippen molar-refractivity contribution in [3.63, 3.8) is 0 Å². The monoisotopic (exact) mass is 419 g/mol. The molecule has 1 N–H and O–H groups in total. The average molecular weight is 420 g/mol. The van der Waals surface area contributed by atoms with E-state index in [-0.39, 0.29) is 6.17 Å². The average Bonchev–Trinajstić information content (AvgIpc) is 3.13. The number of aryl methyl sites for hydroxylation is 1. The molecule has 1 atom stereocenters. The summed E-state index contributed by atoms with van der Waals surface area (Å²) < 4.78 is 5.56. The maximum Gasteiger partial charge on any atom is 0.123 e. The van der Waals surface area contributed by atoms with E-state index in [1.54, 1.807) is 0 Å². The summed E-state index contributed by atoms with van der Waals surface area (Å²) in [6.07, 6.45) is 6.90. The SMILES string of the molecule is Cc1ccccc1C1=CN2C(CN3CCOCC3)=C(c3ccc(Cl)cc3)NC2C=C1. The van der Waals surface area contributed by atoms with Gasteiger partial charge < -0.3 is 15.0 Å². The summed E-state index contributed by atoms with van der Waals surface area (Å²) in [4.78, 5) is 4.86. The largest absolute Gasteiger partial charge is 0.379 e. The van der Waals surface area contributed by atoms with Gasteiger partial charge >= 0.3 is 0 Å². The lowest BCUT2D eigenvalue weighted by atomic mass is 9.99. The Morgan fingerprint density at radius 1 is 1.07 bits per heavy atom. The second-order valence-electron chi connectivity index (χ2n) is 7.97. The van der Waals surface area contributed by atoms with Gasteiger partial charge in [0, 0.05) is 30.9 Å². The quantitative estimate of drug-likeness (QED) is 0.790. The van der Waals surface area contributed by atoms with Gasteiger partial charge in [-0.05, 0) is 47.4 Å². The van der Waals surface area contributed by atoms with Crippen molar-refractivity contribution in [3.8, 4) is 0 Å². The Morgan fingerprint density at radius 2 is 1.83 bits per heavy atom. The third kappa shape index (κ3) is 3.79. The van der Waals surface area contributed by atoms with Gasteiger partial charge in [0.25, 0.3) is 0 Å². The third-order valence-corrected chi connectivity index (χ3v) is 6.25. The van der Waals surface area contributed by atoms with Crippen molar-refractivity contribution >= 4 is 22.9 Å². The van der Waals surface area contributed by atoms with Crippen LogP contribution in [-0.4, -0.2) is 48.8 Å². The van der Waals surface area contributed by atoms with Gasteiger partial charge in [-0.3, -0.25) is 4.90 Å². The van der Waals surface area contributed by atoms with Crippen LogP contribution >= 0.6 is 11.6 Å². The molecule has 5 rings (SSSR count). The van der Waals surface area contributed by atoms with Gasteiger partial charge in [0.1, 0.15) is 6.17 Å². The van der Waals surface area contributed by atoms with Crippen molar-refractivity contribution in [2.45, 2.75) is 13.1 Å². The van der Waals surface area contributed by atoms with Crippen LogP contribution in [0.25, 0.3) is 11.3 Å². The zero-order valence-corrected chi connectivity index (χ0v) is 17.9. The van der Waals surface area contributed by atoms with Crippen molar-refractivity contribution in [1.82, 2.24) is 15.1 Å². The minimum absolute atomic E-state index is 0.125. The first-order chi connectivity index (χ1) is 14.7. The molecule has 2 aromatic carbocycles. The summed E-state index contributed by atoms with van der Waals surface area (Å²) in [5.41, 5.74) is 7.43. The fraction of sp³-hybridized carbons (Fsp3) is 0.280. The van der Waals surface area contributed by atoms with Crippen molar-refractivity contribution in [2.75, 3.05) is 32.8 Å². The number of ether oxygens (including phenoxy) is 1. The maximum absolute atomic E-state index is 6.14. The van der Waals surface area contributed by atoms with E-state index in [9.17, 15) is 0 Å². The van der Waals surface area contributed by atoms with Crippen LogP contribution in [0.5, 0.6) is 0 Å². The van der Waals surface area contributed by atoms with Gasteiger partial charge in [0.05, 0.1) is 24.6 Å². The highest BCUT2D eigenvalue weighted by molar-refractivity contribution is 6.30. The first kappa shape index (κ1) is 19.4. The number of hydrogen-bond donors (Lipinski definition) is 1. The van der Waals surface area contributed by atoms with Crippen LogP contribution in [-0.2, 0) is 4.74 Å². The number of allylic oxidation sites excluding steroid dienone is 2. The molecule has 0 spiro atoms. The molecule has 2 aromatic rings. The van der Waals surface area contributed by atoms with Gasteiger partial charge in [-0.25, -0.2) is 0 Å². The lowest BCUT2D eigenvalue weighted by Gasteiger charge is -2.32. The molecule has 3 heterocycles. The number of rotatable bonds is 4. The van der Waals surface area contributed by atoms with Crippen molar-refractivity contribution < 1.29 is 4.74 Å². The van der Waals surface area contributed by atoms with Crippen molar-refractivity contribution in [2.24, 2.45) is 0 Å². The van der Waals surface area contributed by atoms with E-state index in [4.69, 9.17) is 16.3 Å². The predicted octanol–water partition coefficient (Wildman–Crippen LogP) is 4.49. The smallest absolute Gasteiger partial charge is 0.123 e. The number of nitrogens with one attached hydrogen (secondary N) is 1. The molecule has 0 amide bonds. The minimum atomic E-state index is 0.125. The maximum atomic E-state index is 6.14. The van der Waals surface area contributed by atoms with Crippen LogP contribution in [0.2, 0.25) is 5.02 Å². The molecule has 0 saturated carbocycles. The van der Waals surface area contributed by atoms with Crippen LogP contribution < -0.4 is 5.32 Å². The predicted molar refractivity (Wildman–Crippen MR) is 123 cm³/mol. The van der Waals surface area contributed by atoms with E-state index < -0.39 is 0 Å². The first-order valence-electron chi connectivity index (χ1n) is 10.5. The van der Waals surface area contributed by atoms with E-state index >= 15 is 0 Å². The van der Waals surface area contributed by atoms with Crippen molar-refractivity contribution in [1.29, 1.82) is 0 Å². The summed E-state index contributed by atoms with van der Waals surface area (Å²) in [5, 5.41) is 4.48. The Morgan fingerprint density at radius 3 is 2.60 bits per heavy atom. The van der Waals surface area contributed by atoms with Crippen LogP contribution in [0.15, 0.2) is 72.6 Å². The van der Waals surface area contributed by atoms with Crippen LogP contribution in [0.3, 0.4) is 0 Å². The molecule has 30 heavy (non-hydrogen) atoms. The molecule has 5 heteroatoms. The first-order valence-corrected chi connectivity index (χ1v) is 10.9. The Bertz CT molecular complexity index is 1020. The highest BCUT2D eigenvalue weighted by Gasteiger charge is 2.32. The number of morpholine rings is 1. The van der Waals surface area contributed by atoms with E-state index in [2.05, 4.69) is 76.8 Å². The molecule has 1 saturated heterocycles. The van der Waals surface area contributed by atoms with E-state index in [0.29, 0.717) is 0 Å². The molecule has 0 aromatic heterocycles. The molecule has 3 aliphatic heterocycles. The summed E-state index contributed by atoms with van der Waals surface area (Å²) in [6, 6.07) is 16.7. The molecule has 154 valence electrons. The number of benzene rings is 2. The molecule has 0 radical (unpaired) electrons. The molecule has 1 unspecified atom stereocenters. The minimum Gasteiger partial charge on any atom is -0.379 e. The van der Waals surface area contributed by atoms with Crippen LogP contribution in [0, 0.1) is 6.92 Å². The Balaban J connectivity index is 1.54. The second-order valence-corrected chi connectivity index (χ2v) is 8.41. The van der Waals surface area contributed by atoms with E-state index in [1.807, 2.05) is 12.1 Å². The highest BCUT2D eigenvalue weighted by atomic mass is 35.5. The topological polar surface area (TPSA) is 27.7 Å². The zero-order chi connectivity index (χ0) is 20.5. The number of halogens is 1. The Hall–Kier alpha value is -2.53. The van der Waals surface area contributed by atoms with E-state index in [1.165, 1.54) is 28.1 Å². The number of hydrogen-bond acceptors (Lipinski definition) is 4. The Kier molecular flexibility index (Phi) is 5.38. The molecule has 0 aliphatic carbocycles. The summed E-state index contributed by atoms with van der Waals surface area (Å²) in [5.74, 6) is 0. The van der Waals surface area contributed by atoms with Gasteiger partial charge in [-0.15, -0.1) is 0 Å². The lowest BCUT2D eigenvalue weighted by molar-refractivity contribution is 0.0401. The lowest BCUT2D eigenvalue weighted by Crippen LogP contribution is -2.40. The normalized spacial score (nSPS) is 21.5. The summed E-state index contributed by atoms with van der Waals surface area (Å²) >= 11 is 6.14. The molecular weight excluding hydrogens is 394 g/mol. The zero-order valence-electron chi connectivity index (χ0n) is 17.1. The van der Waals surface area contributed by atoms with Crippen molar-refractivity contribution in [3.05, 3.63) is 94.3 Å². The fourth-order valence-electron chi connectivity index (χ4n) is 4.34.